The topological polar surface area (TPSA) is 86.7 Å². The van der Waals surface area contributed by atoms with E-state index in [1.807, 2.05) is 12.1 Å². The molecular weight excluding hydrogens is 440 g/mol. The van der Waals surface area contributed by atoms with E-state index in [-0.39, 0.29) is 16.7 Å². The Morgan fingerprint density at radius 2 is 1.46 bits per heavy atom. The number of barbiturate groups is 1. The zero-order valence-corrected chi connectivity index (χ0v) is 20.1. The first-order chi connectivity index (χ1) is 16.7. The monoisotopic (exact) mass is 470 g/mol. The number of carbonyl (C=O) groups excluding carboxylic acids is 3. The number of benzene rings is 2. The number of aromatic hydroxyl groups is 1. The van der Waals surface area contributed by atoms with E-state index >= 15 is 0 Å². The second-order valence-corrected chi connectivity index (χ2v) is 11.2. The van der Waals surface area contributed by atoms with Crippen molar-refractivity contribution < 1.29 is 19.5 Å². The van der Waals surface area contributed by atoms with Gasteiger partial charge in [0, 0.05) is 0 Å². The molecule has 0 unspecified atom stereocenters. The molecule has 4 bridgehead atoms. The molecule has 5 aliphatic rings. The minimum absolute atomic E-state index is 0.112. The van der Waals surface area contributed by atoms with Gasteiger partial charge in [-0.1, -0.05) is 12.1 Å². The number of hydrogen-bond acceptors (Lipinski definition) is 4. The lowest BCUT2D eigenvalue weighted by Crippen LogP contribution is -2.54. The average molecular weight is 471 g/mol. The summed E-state index contributed by atoms with van der Waals surface area (Å²) in [6, 6.07) is 10.5. The number of aryl methyl sites for hydroxylation is 2. The molecule has 4 saturated carbocycles. The highest BCUT2D eigenvalue weighted by Crippen LogP contribution is 2.60. The first kappa shape index (κ1) is 22.1. The van der Waals surface area contributed by atoms with E-state index in [1.165, 1.54) is 50.2 Å². The Balaban J connectivity index is 1.30. The molecule has 2 aromatic rings. The maximum Gasteiger partial charge on any atom is 0.335 e. The summed E-state index contributed by atoms with van der Waals surface area (Å²) < 4.78 is 0. The normalized spacial score (nSPS) is 30.8. The van der Waals surface area contributed by atoms with Crippen LogP contribution in [0.5, 0.6) is 5.75 Å². The quantitative estimate of drug-likeness (QED) is 0.480. The Labute approximate surface area is 205 Å². The standard InChI is InChI=1S/C29H30N2O4/c1-16-7-18(8-17(2)25(16)32)12-24-26(33)30-28(35)31(27(24)34)23-5-3-22(4-6-23)29-13-19-9-20(14-29)11-21(10-19)15-29/h3-8,12,19-21,32H,9-11,13-15H2,1-2H3,(H,30,33,35)/b24-12+. The summed E-state index contributed by atoms with van der Waals surface area (Å²) in [6.07, 6.45) is 9.34. The molecule has 4 aliphatic carbocycles. The highest BCUT2D eigenvalue weighted by Gasteiger charge is 2.51. The van der Waals surface area contributed by atoms with Crippen LogP contribution in [0.4, 0.5) is 10.5 Å². The van der Waals surface area contributed by atoms with Gasteiger partial charge in [-0.3, -0.25) is 14.9 Å². The van der Waals surface area contributed by atoms with Crippen LogP contribution in [0.25, 0.3) is 6.08 Å². The van der Waals surface area contributed by atoms with Crippen LogP contribution in [0, 0.1) is 31.6 Å². The molecule has 2 aromatic carbocycles. The number of nitrogens with one attached hydrogen (secondary N) is 1. The number of rotatable bonds is 3. The number of hydrogen-bond donors (Lipinski definition) is 2. The molecule has 0 spiro atoms. The number of urea groups is 1. The summed E-state index contributed by atoms with van der Waals surface area (Å²) >= 11 is 0. The van der Waals surface area contributed by atoms with Crippen molar-refractivity contribution in [2.45, 2.75) is 57.8 Å². The molecular formula is C29H30N2O4. The summed E-state index contributed by atoms with van der Waals surface area (Å²) in [4.78, 5) is 39.6. The molecule has 4 amide bonds. The lowest BCUT2D eigenvalue weighted by atomic mass is 9.48. The van der Waals surface area contributed by atoms with E-state index in [0.717, 1.165) is 22.7 Å². The lowest BCUT2D eigenvalue weighted by Gasteiger charge is -2.57. The van der Waals surface area contributed by atoms with Crippen molar-refractivity contribution in [2.24, 2.45) is 17.8 Å². The van der Waals surface area contributed by atoms with Crippen molar-refractivity contribution in [3.8, 4) is 5.75 Å². The minimum atomic E-state index is -0.738. The first-order valence-corrected chi connectivity index (χ1v) is 12.5. The van der Waals surface area contributed by atoms with Gasteiger partial charge in [0.1, 0.15) is 11.3 Å². The molecule has 6 heteroatoms. The van der Waals surface area contributed by atoms with Gasteiger partial charge >= 0.3 is 6.03 Å². The zero-order valence-electron chi connectivity index (χ0n) is 20.1. The Bertz CT molecular complexity index is 1230. The van der Waals surface area contributed by atoms with Gasteiger partial charge in [-0.2, -0.15) is 0 Å². The van der Waals surface area contributed by atoms with Gasteiger partial charge in [0.25, 0.3) is 11.8 Å². The number of amides is 4. The van der Waals surface area contributed by atoms with Crippen molar-refractivity contribution in [2.75, 3.05) is 4.90 Å². The summed E-state index contributed by atoms with van der Waals surface area (Å²) in [5, 5.41) is 12.3. The minimum Gasteiger partial charge on any atom is -0.507 e. The number of nitrogens with zero attached hydrogens (tertiary/aromatic N) is 1. The summed E-state index contributed by atoms with van der Waals surface area (Å²) in [5.74, 6) is 1.32. The van der Waals surface area contributed by atoms with E-state index < -0.39 is 17.8 Å². The fourth-order valence-corrected chi connectivity index (χ4v) is 7.56. The van der Waals surface area contributed by atoms with Gasteiger partial charge in [0.2, 0.25) is 0 Å². The predicted octanol–water partition coefficient (Wildman–Crippen LogP) is 5.14. The summed E-state index contributed by atoms with van der Waals surface area (Å²) in [6.45, 7) is 3.52. The third-order valence-electron chi connectivity index (χ3n) is 8.70. The molecule has 0 aromatic heterocycles. The number of phenolic OH excluding ortho intramolecular Hbond substituents is 1. The van der Waals surface area contributed by atoms with Crippen LogP contribution < -0.4 is 10.2 Å². The smallest absolute Gasteiger partial charge is 0.335 e. The highest BCUT2D eigenvalue weighted by atomic mass is 16.3. The van der Waals surface area contributed by atoms with Crippen molar-refractivity contribution >= 4 is 29.6 Å². The number of carbonyl (C=O) groups is 3. The van der Waals surface area contributed by atoms with Crippen LogP contribution >= 0.6 is 0 Å². The Kier molecular flexibility index (Phi) is 4.92. The molecule has 2 N–H and O–H groups in total. The van der Waals surface area contributed by atoms with Crippen LogP contribution in [0.15, 0.2) is 42.0 Å². The summed E-state index contributed by atoms with van der Waals surface area (Å²) in [5.41, 5.74) is 3.80. The molecule has 1 saturated heterocycles. The Morgan fingerprint density at radius 1 is 0.914 bits per heavy atom. The molecule has 1 aliphatic heterocycles. The number of anilines is 1. The van der Waals surface area contributed by atoms with Crippen LogP contribution in [0.2, 0.25) is 0 Å². The van der Waals surface area contributed by atoms with Gasteiger partial charge in [-0.15, -0.1) is 0 Å². The van der Waals surface area contributed by atoms with E-state index in [2.05, 4.69) is 17.4 Å². The molecule has 5 fully saturated rings. The molecule has 1 heterocycles. The zero-order chi connectivity index (χ0) is 24.5. The molecule has 6 nitrogen and oxygen atoms in total. The third kappa shape index (κ3) is 3.58. The van der Waals surface area contributed by atoms with E-state index in [4.69, 9.17) is 0 Å². The van der Waals surface area contributed by atoms with Gasteiger partial charge in [0.15, 0.2) is 0 Å². The SMILES string of the molecule is Cc1cc(/C=C2\C(=O)NC(=O)N(c3ccc(C45CC6CC(CC(C6)C4)C5)cc3)C2=O)cc(C)c1O. The van der Waals surface area contributed by atoms with Gasteiger partial charge in [0.05, 0.1) is 5.69 Å². The highest BCUT2D eigenvalue weighted by molar-refractivity contribution is 6.39. The Hall–Kier alpha value is -3.41. The van der Waals surface area contributed by atoms with Gasteiger partial charge < -0.3 is 5.11 Å². The maximum absolute atomic E-state index is 13.3. The fraction of sp³-hybridized carbons (Fsp3) is 0.414. The number of imide groups is 2. The average Bonchev–Trinajstić information content (AvgIpc) is 2.79. The van der Waals surface area contributed by atoms with E-state index in [1.54, 1.807) is 26.0 Å². The second-order valence-electron chi connectivity index (χ2n) is 11.2. The van der Waals surface area contributed by atoms with E-state index in [9.17, 15) is 19.5 Å². The fourth-order valence-electron chi connectivity index (χ4n) is 7.56. The molecule has 0 atom stereocenters. The second kappa shape index (κ2) is 7.80. The van der Waals surface area contributed by atoms with Crippen LogP contribution in [-0.4, -0.2) is 23.0 Å². The van der Waals surface area contributed by atoms with Crippen molar-refractivity contribution in [3.05, 3.63) is 64.2 Å². The first-order valence-electron chi connectivity index (χ1n) is 12.5. The molecule has 180 valence electrons. The van der Waals surface area contributed by atoms with Gasteiger partial charge in [-0.05, 0) is 128 Å². The van der Waals surface area contributed by atoms with E-state index in [0.29, 0.717) is 22.4 Å². The number of phenols is 1. The van der Waals surface area contributed by atoms with Crippen LogP contribution in [0.1, 0.15) is 60.8 Å². The van der Waals surface area contributed by atoms with Crippen molar-refractivity contribution in [3.63, 3.8) is 0 Å². The third-order valence-corrected chi connectivity index (χ3v) is 8.70. The van der Waals surface area contributed by atoms with Crippen LogP contribution in [0.3, 0.4) is 0 Å². The predicted molar refractivity (Wildman–Crippen MR) is 133 cm³/mol. The summed E-state index contributed by atoms with van der Waals surface area (Å²) in [7, 11) is 0. The Morgan fingerprint density at radius 3 is 2.00 bits per heavy atom. The molecule has 35 heavy (non-hydrogen) atoms. The lowest BCUT2D eigenvalue weighted by molar-refractivity contribution is -0.122. The molecule has 7 rings (SSSR count). The van der Waals surface area contributed by atoms with Crippen molar-refractivity contribution in [1.29, 1.82) is 0 Å². The van der Waals surface area contributed by atoms with Crippen molar-refractivity contribution in [1.82, 2.24) is 5.32 Å². The molecule has 0 radical (unpaired) electrons. The van der Waals surface area contributed by atoms with Gasteiger partial charge in [-0.25, -0.2) is 9.69 Å². The van der Waals surface area contributed by atoms with Crippen LogP contribution in [-0.2, 0) is 15.0 Å². The maximum atomic E-state index is 13.3. The largest absolute Gasteiger partial charge is 0.507 e.